The number of rotatable bonds is 5. The molecule has 3 heterocycles. The molecule has 4 aromatic rings. The quantitative estimate of drug-likeness (QED) is 0.530. The van der Waals surface area contributed by atoms with Gasteiger partial charge in [-0.2, -0.15) is 10.2 Å². The lowest BCUT2D eigenvalue weighted by Gasteiger charge is -2.18. The van der Waals surface area contributed by atoms with Crippen molar-refractivity contribution in [2.24, 2.45) is 7.05 Å². The molecule has 0 unspecified atom stereocenters. The second-order valence-electron chi connectivity index (χ2n) is 6.13. The van der Waals surface area contributed by atoms with Crippen LogP contribution in [0.25, 0.3) is 10.2 Å². The number of hydrogen-bond donors (Lipinski definition) is 0. The van der Waals surface area contributed by atoms with Crippen LogP contribution >= 0.6 is 11.3 Å². The average Bonchev–Trinajstić information content (AvgIpc) is 3.36. The largest absolute Gasteiger partial charge is 0.281 e. The van der Waals surface area contributed by atoms with E-state index in [4.69, 9.17) is 0 Å². The van der Waals surface area contributed by atoms with Crippen molar-refractivity contribution in [3.8, 4) is 0 Å². The summed E-state index contributed by atoms with van der Waals surface area (Å²) in [7, 11) is 1.79. The Morgan fingerprint density at radius 1 is 1.33 bits per heavy atom. The van der Waals surface area contributed by atoms with Crippen LogP contribution < -0.4 is 4.90 Å². The molecule has 4 rings (SSSR count). The molecule has 27 heavy (non-hydrogen) atoms. The number of aryl methyl sites for hydroxylation is 2. The number of thiazole rings is 1. The van der Waals surface area contributed by atoms with Crippen molar-refractivity contribution >= 4 is 32.6 Å². The normalized spacial score (nSPS) is 11.2. The Labute approximate surface area is 158 Å². The van der Waals surface area contributed by atoms with Gasteiger partial charge in [0.2, 0.25) is 0 Å². The number of amides is 1. The molecule has 0 fully saturated rings. The van der Waals surface area contributed by atoms with Gasteiger partial charge in [-0.25, -0.2) is 9.37 Å². The highest BCUT2D eigenvalue weighted by molar-refractivity contribution is 7.22. The van der Waals surface area contributed by atoms with E-state index in [1.807, 2.05) is 19.2 Å². The summed E-state index contributed by atoms with van der Waals surface area (Å²) in [5, 5.41) is 8.98. The molecule has 0 aliphatic heterocycles. The van der Waals surface area contributed by atoms with E-state index in [0.717, 1.165) is 5.69 Å². The number of nitrogens with zero attached hydrogens (tertiary/aromatic N) is 6. The highest BCUT2D eigenvalue weighted by atomic mass is 32.1. The van der Waals surface area contributed by atoms with Crippen LogP contribution in [0.3, 0.4) is 0 Å². The summed E-state index contributed by atoms with van der Waals surface area (Å²) in [5.74, 6) is -0.571. The molecule has 0 bridgehead atoms. The highest BCUT2D eigenvalue weighted by Gasteiger charge is 2.24. The lowest BCUT2D eigenvalue weighted by Crippen LogP contribution is -2.34. The van der Waals surface area contributed by atoms with Gasteiger partial charge in [0.1, 0.15) is 5.82 Å². The maximum Gasteiger partial charge on any atom is 0.280 e. The number of carbonyl (C=O) groups excluding carboxylic acids is 1. The fourth-order valence-electron chi connectivity index (χ4n) is 2.72. The van der Waals surface area contributed by atoms with E-state index < -0.39 is 0 Å². The van der Waals surface area contributed by atoms with Gasteiger partial charge in [0.25, 0.3) is 5.91 Å². The zero-order valence-corrected chi connectivity index (χ0v) is 15.6. The summed E-state index contributed by atoms with van der Waals surface area (Å²) in [4.78, 5) is 19.2. The number of aromatic nitrogens is 5. The first-order chi connectivity index (χ1) is 13.0. The Kier molecular flexibility index (Phi) is 4.44. The molecule has 1 aromatic carbocycles. The first kappa shape index (κ1) is 17.3. The fraction of sp³-hybridized carbons (Fsp3) is 0.222. The minimum Gasteiger partial charge on any atom is -0.281 e. The van der Waals surface area contributed by atoms with Gasteiger partial charge in [-0.1, -0.05) is 11.3 Å². The zero-order chi connectivity index (χ0) is 19.0. The molecule has 0 aliphatic rings. The van der Waals surface area contributed by atoms with Gasteiger partial charge in [-0.05, 0) is 37.3 Å². The summed E-state index contributed by atoms with van der Waals surface area (Å²) < 4.78 is 17.6. The molecule has 0 atom stereocenters. The van der Waals surface area contributed by atoms with Crippen LogP contribution in [0, 0.1) is 12.7 Å². The van der Waals surface area contributed by atoms with Crippen LogP contribution in [0.5, 0.6) is 0 Å². The van der Waals surface area contributed by atoms with Crippen LogP contribution in [0.1, 0.15) is 16.2 Å². The third kappa shape index (κ3) is 3.45. The van der Waals surface area contributed by atoms with Crippen molar-refractivity contribution in [1.82, 2.24) is 24.5 Å². The molecule has 7 nitrogen and oxygen atoms in total. The summed E-state index contributed by atoms with van der Waals surface area (Å²) >= 11 is 1.28. The second kappa shape index (κ2) is 6.92. The molecule has 0 radical (unpaired) electrons. The van der Waals surface area contributed by atoms with E-state index in [0.29, 0.717) is 34.1 Å². The lowest BCUT2D eigenvalue weighted by molar-refractivity contribution is 0.0980. The van der Waals surface area contributed by atoms with Crippen molar-refractivity contribution in [1.29, 1.82) is 0 Å². The molecule has 9 heteroatoms. The van der Waals surface area contributed by atoms with Crippen molar-refractivity contribution in [3.05, 3.63) is 59.9 Å². The van der Waals surface area contributed by atoms with Gasteiger partial charge in [-0.3, -0.25) is 19.1 Å². The summed E-state index contributed by atoms with van der Waals surface area (Å²) in [6, 6.07) is 7.98. The molecular weight excluding hydrogens is 367 g/mol. The van der Waals surface area contributed by atoms with Gasteiger partial charge < -0.3 is 0 Å². The molecule has 1 amide bonds. The topological polar surface area (TPSA) is 68.8 Å². The van der Waals surface area contributed by atoms with E-state index in [1.165, 1.54) is 23.5 Å². The third-order valence-electron chi connectivity index (χ3n) is 4.26. The molecule has 138 valence electrons. The Hall–Kier alpha value is -3.07. The highest BCUT2D eigenvalue weighted by Crippen LogP contribution is 2.30. The number of carbonyl (C=O) groups is 1. The predicted octanol–water partition coefficient (Wildman–Crippen LogP) is 3.02. The maximum atomic E-state index is 13.5. The third-order valence-corrected chi connectivity index (χ3v) is 5.30. The van der Waals surface area contributed by atoms with E-state index >= 15 is 0 Å². The van der Waals surface area contributed by atoms with Crippen molar-refractivity contribution < 1.29 is 9.18 Å². The Balaban J connectivity index is 1.70. The predicted molar refractivity (Wildman–Crippen MR) is 101 cm³/mol. The summed E-state index contributed by atoms with van der Waals surface area (Å²) in [5.41, 5.74) is 1.89. The van der Waals surface area contributed by atoms with Gasteiger partial charge in [0.05, 0.1) is 16.8 Å². The van der Waals surface area contributed by atoms with Gasteiger partial charge in [0.15, 0.2) is 10.8 Å². The van der Waals surface area contributed by atoms with Gasteiger partial charge in [-0.15, -0.1) is 0 Å². The van der Waals surface area contributed by atoms with Crippen LogP contribution in [0.2, 0.25) is 0 Å². The van der Waals surface area contributed by atoms with Crippen LogP contribution in [-0.2, 0) is 13.6 Å². The zero-order valence-electron chi connectivity index (χ0n) is 14.8. The number of anilines is 1. The maximum absolute atomic E-state index is 13.5. The Bertz CT molecular complexity index is 1080. The van der Waals surface area contributed by atoms with Gasteiger partial charge in [0, 0.05) is 31.7 Å². The average molecular weight is 384 g/mol. The van der Waals surface area contributed by atoms with E-state index in [9.17, 15) is 9.18 Å². The van der Waals surface area contributed by atoms with Crippen LogP contribution in [-0.4, -0.2) is 37.0 Å². The first-order valence-corrected chi connectivity index (χ1v) is 9.19. The minimum atomic E-state index is -0.326. The number of fused-ring (bicyclic) bond motifs is 1. The first-order valence-electron chi connectivity index (χ1n) is 8.37. The molecule has 0 aliphatic carbocycles. The number of benzene rings is 1. The standard InChI is InChI=1S/C18H17FN6OS/c1-12-10-15(22-23(12)2)17(26)25(9-8-24-7-3-6-20-24)18-21-14-5-4-13(19)11-16(14)27-18/h3-7,10-11H,8-9H2,1-2H3. The van der Waals surface area contributed by atoms with E-state index in [2.05, 4.69) is 15.2 Å². The van der Waals surface area contributed by atoms with Crippen molar-refractivity contribution in [2.75, 3.05) is 11.4 Å². The molecular formula is C18H17FN6OS. The Morgan fingerprint density at radius 3 is 2.89 bits per heavy atom. The summed E-state index contributed by atoms with van der Waals surface area (Å²) in [6.45, 7) is 2.77. The van der Waals surface area contributed by atoms with E-state index in [1.54, 1.807) is 39.6 Å². The summed E-state index contributed by atoms with van der Waals surface area (Å²) in [6.07, 6.45) is 3.52. The lowest BCUT2D eigenvalue weighted by atomic mass is 10.3. The Morgan fingerprint density at radius 2 is 2.19 bits per heavy atom. The monoisotopic (exact) mass is 384 g/mol. The fourth-order valence-corrected chi connectivity index (χ4v) is 3.74. The van der Waals surface area contributed by atoms with Gasteiger partial charge >= 0.3 is 0 Å². The van der Waals surface area contributed by atoms with Crippen molar-refractivity contribution in [2.45, 2.75) is 13.5 Å². The number of halogens is 1. The van der Waals surface area contributed by atoms with Crippen molar-refractivity contribution in [3.63, 3.8) is 0 Å². The van der Waals surface area contributed by atoms with Crippen LogP contribution in [0.15, 0.2) is 42.7 Å². The van der Waals surface area contributed by atoms with E-state index in [-0.39, 0.29) is 11.7 Å². The minimum absolute atomic E-state index is 0.245. The molecule has 3 aromatic heterocycles. The SMILES string of the molecule is Cc1cc(C(=O)N(CCn2cccn2)c2nc3ccc(F)cc3s2)nn1C. The molecule has 0 saturated heterocycles. The number of hydrogen-bond acceptors (Lipinski definition) is 5. The second-order valence-corrected chi connectivity index (χ2v) is 7.14. The molecule has 0 N–H and O–H groups in total. The molecule has 0 spiro atoms. The van der Waals surface area contributed by atoms with Crippen LogP contribution in [0.4, 0.5) is 9.52 Å². The molecule has 0 saturated carbocycles. The smallest absolute Gasteiger partial charge is 0.280 e.